The number of benzene rings is 1. The Labute approximate surface area is 128 Å². The predicted molar refractivity (Wildman–Crippen MR) is 88.9 cm³/mol. The molecule has 1 heterocycles. The van der Waals surface area contributed by atoms with E-state index in [1.807, 2.05) is 0 Å². The Morgan fingerprint density at radius 1 is 1.38 bits per heavy atom. The van der Waals surface area contributed by atoms with Gasteiger partial charge < -0.3 is 5.73 Å². The Bertz CT molecular complexity index is 745. The maximum absolute atomic E-state index is 12.4. The lowest BCUT2D eigenvalue weighted by Crippen LogP contribution is -2.26. The average molecular weight is 323 g/mol. The highest BCUT2D eigenvalue weighted by Crippen LogP contribution is 2.25. The van der Waals surface area contributed by atoms with Gasteiger partial charge in [-0.05, 0) is 24.3 Å². The van der Waals surface area contributed by atoms with Crippen molar-refractivity contribution in [2.45, 2.75) is 4.90 Å². The maximum Gasteiger partial charge on any atom is 0.242 e. The molecule has 2 rings (SSSR count). The molecule has 0 aliphatic rings. The van der Waals surface area contributed by atoms with Crippen molar-refractivity contribution in [3.05, 3.63) is 43.1 Å². The molecule has 0 unspecified atom stereocenters. The van der Waals surface area contributed by atoms with Crippen molar-refractivity contribution in [2.75, 3.05) is 23.8 Å². The molecule has 0 saturated heterocycles. The molecule has 0 aliphatic carbocycles. The van der Waals surface area contributed by atoms with Crippen molar-refractivity contribution >= 4 is 38.4 Å². The van der Waals surface area contributed by atoms with Gasteiger partial charge in [-0.2, -0.15) is 11.8 Å². The Kier molecular flexibility index (Phi) is 5.22. The summed E-state index contributed by atoms with van der Waals surface area (Å²) in [5.41, 5.74) is 6.76. The molecule has 3 N–H and O–H groups in total. The van der Waals surface area contributed by atoms with E-state index in [9.17, 15) is 8.42 Å². The Balaban J connectivity index is 2.24. The van der Waals surface area contributed by atoms with Gasteiger partial charge in [0.25, 0.3) is 0 Å². The molecule has 2 aromatic rings. The molecule has 0 amide bonds. The first-order valence-electron chi connectivity index (χ1n) is 6.38. The van der Waals surface area contributed by atoms with Crippen LogP contribution in [-0.4, -0.2) is 31.5 Å². The van der Waals surface area contributed by atoms with E-state index in [0.717, 1.165) is 5.75 Å². The number of aromatic nitrogens is 1. The van der Waals surface area contributed by atoms with E-state index in [1.54, 1.807) is 42.2 Å². The van der Waals surface area contributed by atoms with Gasteiger partial charge in [-0.15, -0.1) is 6.58 Å². The van der Waals surface area contributed by atoms with Crippen LogP contribution in [0, 0.1) is 0 Å². The van der Waals surface area contributed by atoms with Crippen LogP contribution in [0.1, 0.15) is 0 Å². The molecule has 0 atom stereocenters. The molecule has 0 fully saturated rings. The van der Waals surface area contributed by atoms with E-state index in [-0.39, 0.29) is 4.90 Å². The van der Waals surface area contributed by atoms with Crippen LogP contribution in [0.15, 0.2) is 48.0 Å². The number of rotatable bonds is 7. The molecule has 0 spiro atoms. The average Bonchev–Trinajstić information content (AvgIpc) is 2.47. The first kappa shape index (κ1) is 15.8. The van der Waals surface area contributed by atoms with Crippen LogP contribution in [0.3, 0.4) is 0 Å². The summed E-state index contributed by atoms with van der Waals surface area (Å²) in [4.78, 5) is 4.30. The molecular weight excluding hydrogens is 306 g/mol. The van der Waals surface area contributed by atoms with Crippen LogP contribution < -0.4 is 10.5 Å². The number of thioether (sulfide) groups is 1. The third-order valence-electron chi connectivity index (χ3n) is 2.83. The summed E-state index contributed by atoms with van der Waals surface area (Å²) in [6.07, 6.45) is 3.34. The van der Waals surface area contributed by atoms with Gasteiger partial charge >= 0.3 is 0 Å². The van der Waals surface area contributed by atoms with Crippen LogP contribution in [0.25, 0.3) is 10.9 Å². The molecule has 112 valence electrons. The van der Waals surface area contributed by atoms with Crippen LogP contribution in [0.4, 0.5) is 5.69 Å². The second-order valence-electron chi connectivity index (χ2n) is 4.31. The van der Waals surface area contributed by atoms with Gasteiger partial charge in [0, 0.05) is 35.3 Å². The van der Waals surface area contributed by atoms with Crippen LogP contribution in [0.2, 0.25) is 0 Å². The number of anilines is 1. The lowest BCUT2D eigenvalue weighted by atomic mass is 10.2. The third-order valence-corrected chi connectivity index (χ3v) is 5.29. The second-order valence-corrected chi connectivity index (χ2v) is 7.20. The summed E-state index contributed by atoms with van der Waals surface area (Å²) in [6.45, 7) is 3.98. The second kappa shape index (κ2) is 6.93. The van der Waals surface area contributed by atoms with Crippen molar-refractivity contribution in [1.29, 1.82) is 0 Å². The minimum absolute atomic E-state index is 0.154. The van der Waals surface area contributed by atoms with Gasteiger partial charge in [0.1, 0.15) is 4.90 Å². The van der Waals surface area contributed by atoms with Gasteiger partial charge in [0.15, 0.2) is 0 Å². The quantitative estimate of drug-likeness (QED) is 0.462. The number of hydrogen-bond donors (Lipinski definition) is 2. The number of fused-ring (bicyclic) bond motifs is 1. The number of pyridine rings is 1. The van der Waals surface area contributed by atoms with Crippen molar-refractivity contribution in [2.24, 2.45) is 0 Å². The highest BCUT2D eigenvalue weighted by Gasteiger charge is 2.18. The smallest absolute Gasteiger partial charge is 0.242 e. The van der Waals surface area contributed by atoms with Crippen molar-refractivity contribution < 1.29 is 8.42 Å². The van der Waals surface area contributed by atoms with Crippen molar-refractivity contribution in [3.8, 4) is 0 Å². The number of nitrogen functional groups attached to an aromatic ring is 1. The largest absolute Gasteiger partial charge is 0.398 e. The van der Waals surface area contributed by atoms with E-state index < -0.39 is 10.0 Å². The van der Waals surface area contributed by atoms with Gasteiger partial charge in [0.05, 0.1) is 5.52 Å². The number of nitrogens with two attached hydrogens (primary N) is 1. The van der Waals surface area contributed by atoms with E-state index in [4.69, 9.17) is 5.73 Å². The van der Waals surface area contributed by atoms with Crippen LogP contribution in [0.5, 0.6) is 0 Å². The van der Waals surface area contributed by atoms with Crippen LogP contribution in [-0.2, 0) is 10.0 Å². The molecule has 1 aromatic carbocycles. The molecule has 7 heteroatoms. The van der Waals surface area contributed by atoms with E-state index >= 15 is 0 Å². The minimum atomic E-state index is -3.60. The fourth-order valence-corrected chi connectivity index (χ4v) is 3.78. The zero-order chi connectivity index (χ0) is 15.3. The summed E-state index contributed by atoms with van der Waals surface area (Å²) in [6, 6.07) is 6.57. The topological polar surface area (TPSA) is 85.1 Å². The highest BCUT2D eigenvalue weighted by atomic mass is 32.2. The molecule has 0 bridgehead atoms. The van der Waals surface area contributed by atoms with Gasteiger partial charge in [0.2, 0.25) is 10.0 Å². The number of hydrogen-bond acceptors (Lipinski definition) is 5. The Morgan fingerprint density at radius 2 is 2.19 bits per heavy atom. The lowest BCUT2D eigenvalue weighted by Gasteiger charge is -2.10. The van der Waals surface area contributed by atoms with E-state index in [2.05, 4.69) is 16.3 Å². The lowest BCUT2D eigenvalue weighted by molar-refractivity contribution is 0.585. The Hall–Kier alpha value is -1.57. The fourth-order valence-electron chi connectivity index (χ4n) is 1.88. The number of sulfonamides is 1. The molecule has 21 heavy (non-hydrogen) atoms. The minimum Gasteiger partial charge on any atom is -0.398 e. The summed E-state index contributed by atoms with van der Waals surface area (Å²) in [7, 11) is -3.60. The SMILES string of the molecule is C=CCSCCNS(=O)(=O)c1ccc(N)c2cccnc12. The molecular formula is C14H17N3O2S2. The first-order valence-corrected chi connectivity index (χ1v) is 9.01. The van der Waals surface area contributed by atoms with Gasteiger partial charge in [-0.1, -0.05) is 6.08 Å². The van der Waals surface area contributed by atoms with Crippen molar-refractivity contribution in [1.82, 2.24) is 9.71 Å². The third kappa shape index (κ3) is 3.75. The molecule has 0 aliphatic heterocycles. The van der Waals surface area contributed by atoms with Crippen LogP contribution >= 0.6 is 11.8 Å². The fraction of sp³-hybridized carbons (Fsp3) is 0.214. The molecule has 0 saturated carbocycles. The molecule has 5 nitrogen and oxygen atoms in total. The summed E-state index contributed by atoms with van der Waals surface area (Å²) < 4.78 is 27.3. The van der Waals surface area contributed by atoms with Gasteiger partial charge in [-0.3, -0.25) is 4.98 Å². The summed E-state index contributed by atoms with van der Waals surface area (Å²) in [5.74, 6) is 1.49. The predicted octanol–water partition coefficient (Wildman–Crippen LogP) is 2.01. The highest BCUT2D eigenvalue weighted by molar-refractivity contribution is 7.99. The first-order chi connectivity index (χ1) is 10.1. The van der Waals surface area contributed by atoms with E-state index in [0.29, 0.717) is 28.9 Å². The monoisotopic (exact) mass is 323 g/mol. The molecule has 1 aromatic heterocycles. The Morgan fingerprint density at radius 3 is 2.95 bits per heavy atom. The standard InChI is InChI=1S/C14H17N3O2S2/c1-2-9-20-10-8-17-21(18,19)13-6-5-12(15)11-4-3-7-16-14(11)13/h2-7,17H,1,8-10,15H2. The van der Waals surface area contributed by atoms with E-state index in [1.165, 1.54) is 6.07 Å². The van der Waals surface area contributed by atoms with Crippen molar-refractivity contribution in [3.63, 3.8) is 0 Å². The zero-order valence-electron chi connectivity index (χ0n) is 11.5. The number of nitrogens with zero attached hydrogens (tertiary/aromatic N) is 1. The van der Waals surface area contributed by atoms with Gasteiger partial charge in [-0.25, -0.2) is 13.1 Å². The molecule has 0 radical (unpaired) electrons. The normalized spacial score (nSPS) is 11.6. The summed E-state index contributed by atoms with van der Waals surface area (Å²) in [5, 5.41) is 0.640. The summed E-state index contributed by atoms with van der Waals surface area (Å²) >= 11 is 1.61. The maximum atomic E-state index is 12.4. The zero-order valence-corrected chi connectivity index (χ0v) is 13.1. The number of nitrogens with one attached hydrogen (secondary N) is 1.